The molecule has 0 atom stereocenters. The minimum Gasteiger partial charge on any atom is -0.457 e. The van der Waals surface area contributed by atoms with Crippen molar-refractivity contribution in [1.82, 2.24) is 9.13 Å². The molecule has 0 fully saturated rings. The van der Waals surface area contributed by atoms with E-state index in [0.29, 0.717) is 10.4 Å². The Morgan fingerprint density at radius 2 is 1.67 bits per heavy atom. The Bertz CT molecular complexity index is 1440. The SMILES string of the molecule is Cn1c(=O)n(Cc2ccccc2)c(=O)c2c(C(=O)OCc3ccc(C(F)(F)F)cc3)csc21. The van der Waals surface area contributed by atoms with Crippen LogP contribution in [-0.2, 0) is 31.1 Å². The van der Waals surface area contributed by atoms with E-state index in [1.807, 2.05) is 6.07 Å². The minimum atomic E-state index is -4.46. The first-order valence-corrected chi connectivity index (χ1v) is 10.6. The molecule has 33 heavy (non-hydrogen) atoms. The normalized spacial score (nSPS) is 11.6. The van der Waals surface area contributed by atoms with Crippen molar-refractivity contribution < 1.29 is 22.7 Å². The first-order valence-electron chi connectivity index (χ1n) is 9.75. The quantitative estimate of drug-likeness (QED) is 0.407. The zero-order valence-electron chi connectivity index (χ0n) is 17.3. The van der Waals surface area contributed by atoms with E-state index in [9.17, 15) is 27.6 Å². The first-order chi connectivity index (χ1) is 15.7. The maximum Gasteiger partial charge on any atom is 0.416 e. The summed E-state index contributed by atoms with van der Waals surface area (Å²) in [4.78, 5) is 38.9. The zero-order valence-corrected chi connectivity index (χ0v) is 18.1. The van der Waals surface area contributed by atoms with E-state index in [1.54, 1.807) is 24.3 Å². The summed E-state index contributed by atoms with van der Waals surface area (Å²) in [5.74, 6) is -0.803. The molecule has 0 saturated carbocycles. The molecule has 0 radical (unpaired) electrons. The molecule has 0 amide bonds. The lowest BCUT2D eigenvalue weighted by Gasteiger charge is -2.10. The van der Waals surface area contributed by atoms with Crippen LogP contribution in [0.4, 0.5) is 13.2 Å². The van der Waals surface area contributed by atoms with E-state index in [-0.39, 0.29) is 24.1 Å². The van der Waals surface area contributed by atoms with Crippen LogP contribution in [0.25, 0.3) is 10.2 Å². The van der Waals surface area contributed by atoms with Gasteiger partial charge in [-0.05, 0) is 23.3 Å². The lowest BCUT2D eigenvalue weighted by atomic mass is 10.1. The number of benzene rings is 2. The molecule has 2 aromatic carbocycles. The summed E-state index contributed by atoms with van der Waals surface area (Å²) in [6, 6.07) is 13.2. The van der Waals surface area contributed by atoms with Gasteiger partial charge in [0, 0.05) is 12.4 Å². The standard InChI is InChI=1S/C23H17F3N2O4S/c1-27-20-18(19(29)28(22(27)31)11-14-5-3-2-4-6-14)17(13-33-20)21(30)32-12-15-7-9-16(10-8-15)23(24,25)26/h2-10,13H,11-12H2,1H3. The molecule has 0 aliphatic heterocycles. The number of nitrogens with zero attached hydrogens (tertiary/aromatic N) is 2. The summed E-state index contributed by atoms with van der Waals surface area (Å²) in [7, 11) is 1.51. The number of hydrogen-bond donors (Lipinski definition) is 0. The van der Waals surface area contributed by atoms with Gasteiger partial charge >= 0.3 is 17.8 Å². The van der Waals surface area contributed by atoms with Crippen LogP contribution in [-0.4, -0.2) is 15.1 Å². The third kappa shape index (κ3) is 4.47. The van der Waals surface area contributed by atoms with Gasteiger partial charge in [-0.2, -0.15) is 13.2 Å². The number of fused-ring (bicyclic) bond motifs is 1. The molecule has 4 rings (SSSR count). The summed E-state index contributed by atoms with van der Waals surface area (Å²) in [6.45, 7) is -0.226. The highest BCUT2D eigenvalue weighted by Crippen LogP contribution is 2.29. The van der Waals surface area contributed by atoms with E-state index in [1.165, 1.54) is 29.1 Å². The van der Waals surface area contributed by atoms with E-state index in [2.05, 4.69) is 0 Å². The third-order valence-electron chi connectivity index (χ3n) is 5.11. The van der Waals surface area contributed by atoms with Gasteiger partial charge in [0.1, 0.15) is 11.4 Å². The number of aromatic nitrogens is 2. The lowest BCUT2D eigenvalue weighted by Crippen LogP contribution is -2.39. The van der Waals surface area contributed by atoms with E-state index < -0.39 is 29.0 Å². The molecule has 2 aromatic heterocycles. The van der Waals surface area contributed by atoms with Crippen LogP contribution in [0.1, 0.15) is 27.0 Å². The van der Waals surface area contributed by atoms with Crippen molar-refractivity contribution in [1.29, 1.82) is 0 Å². The van der Waals surface area contributed by atoms with Crippen LogP contribution in [0.5, 0.6) is 0 Å². The Morgan fingerprint density at radius 3 is 2.30 bits per heavy atom. The molecular formula is C23H17F3N2O4S. The average molecular weight is 474 g/mol. The Balaban J connectivity index is 1.63. The Hall–Kier alpha value is -3.66. The summed E-state index contributed by atoms with van der Waals surface area (Å²) >= 11 is 1.06. The molecule has 0 aliphatic carbocycles. The number of aryl methyl sites for hydroxylation is 1. The van der Waals surface area contributed by atoms with Gasteiger partial charge < -0.3 is 4.74 Å². The van der Waals surface area contributed by atoms with Crippen LogP contribution in [0.2, 0.25) is 0 Å². The van der Waals surface area contributed by atoms with Crippen molar-refractivity contribution in [3.05, 3.63) is 103 Å². The molecule has 10 heteroatoms. The number of hydrogen-bond acceptors (Lipinski definition) is 5. The number of ether oxygens (including phenoxy) is 1. The second-order valence-electron chi connectivity index (χ2n) is 7.32. The van der Waals surface area contributed by atoms with Gasteiger partial charge in [0.2, 0.25) is 0 Å². The highest BCUT2D eigenvalue weighted by Gasteiger charge is 2.30. The van der Waals surface area contributed by atoms with Crippen molar-refractivity contribution in [2.45, 2.75) is 19.3 Å². The maximum atomic E-state index is 13.1. The Morgan fingerprint density at radius 1 is 1.00 bits per heavy atom. The number of carbonyl (C=O) groups is 1. The molecule has 0 saturated heterocycles. The van der Waals surface area contributed by atoms with E-state index in [4.69, 9.17) is 4.74 Å². The van der Waals surface area contributed by atoms with Crippen molar-refractivity contribution >= 4 is 27.5 Å². The highest BCUT2D eigenvalue weighted by molar-refractivity contribution is 7.17. The van der Waals surface area contributed by atoms with Gasteiger partial charge in [0.25, 0.3) is 5.56 Å². The van der Waals surface area contributed by atoms with Crippen molar-refractivity contribution in [3.8, 4) is 0 Å². The molecule has 0 unspecified atom stereocenters. The number of thiophene rings is 1. The predicted molar refractivity (Wildman–Crippen MR) is 117 cm³/mol. The molecule has 6 nitrogen and oxygen atoms in total. The van der Waals surface area contributed by atoms with E-state index in [0.717, 1.165) is 33.6 Å². The molecular weight excluding hydrogens is 457 g/mol. The fourth-order valence-corrected chi connectivity index (χ4v) is 4.36. The Labute approximate surface area is 189 Å². The molecule has 0 aliphatic rings. The van der Waals surface area contributed by atoms with Gasteiger partial charge in [-0.1, -0.05) is 42.5 Å². The van der Waals surface area contributed by atoms with Crippen molar-refractivity contribution in [2.24, 2.45) is 7.05 Å². The minimum absolute atomic E-state index is 0.00400. The largest absolute Gasteiger partial charge is 0.457 e. The Kier molecular flexibility index (Phi) is 5.94. The van der Waals surface area contributed by atoms with Crippen LogP contribution < -0.4 is 11.2 Å². The summed E-state index contributed by atoms with van der Waals surface area (Å²) < 4.78 is 45.7. The lowest BCUT2D eigenvalue weighted by molar-refractivity contribution is -0.137. The van der Waals surface area contributed by atoms with Gasteiger partial charge in [-0.3, -0.25) is 13.9 Å². The molecule has 4 aromatic rings. The molecule has 2 heterocycles. The monoisotopic (exact) mass is 474 g/mol. The second kappa shape index (κ2) is 8.70. The second-order valence-corrected chi connectivity index (χ2v) is 8.18. The third-order valence-corrected chi connectivity index (χ3v) is 6.16. The average Bonchev–Trinajstić information content (AvgIpc) is 3.25. The fourth-order valence-electron chi connectivity index (χ4n) is 3.36. The molecule has 0 bridgehead atoms. The topological polar surface area (TPSA) is 70.3 Å². The first kappa shape index (κ1) is 22.5. The molecule has 0 N–H and O–H groups in total. The maximum absolute atomic E-state index is 13.1. The number of alkyl halides is 3. The number of esters is 1. The fraction of sp³-hybridized carbons (Fsp3) is 0.174. The number of rotatable bonds is 5. The van der Waals surface area contributed by atoms with Gasteiger partial charge in [0.15, 0.2) is 0 Å². The van der Waals surface area contributed by atoms with Crippen LogP contribution >= 0.6 is 11.3 Å². The number of halogens is 3. The smallest absolute Gasteiger partial charge is 0.416 e. The van der Waals surface area contributed by atoms with Crippen LogP contribution in [0.15, 0.2) is 69.6 Å². The van der Waals surface area contributed by atoms with Crippen molar-refractivity contribution in [2.75, 3.05) is 0 Å². The molecule has 170 valence electrons. The zero-order chi connectivity index (χ0) is 23.8. The number of carbonyl (C=O) groups excluding carboxylic acids is 1. The van der Waals surface area contributed by atoms with Crippen LogP contribution in [0, 0.1) is 0 Å². The van der Waals surface area contributed by atoms with Crippen LogP contribution in [0.3, 0.4) is 0 Å². The summed E-state index contributed by atoms with van der Waals surface area (Å²) in [5.41, 5.74) is -0.810. The van der Waals surface area contributed by atoms with E-state index >= 15 is 0 Å². The highest BCUT2D eigenvalue weighted by atomic mass is 32.1. The summed E-state index contributed by atoms with van der Waals surface area (Å²) in [5, 5.41) is 1.50. The predicted octanol–water partition coefficient (Wildman–Crippen LogP) is 4.19. The van der Waals surface area contributed by atoms with Gasteiger partial charge in [0.05, 0.1) is 23.1 Å². The molecule has 0 spiro atoms. The van der Waals surface area contributed by atoms with Crippen molar-refractivity contribution in [3.63, 3.8) is 0 Å². The van der Waals surface area contributed by atoms with Gasteiger partial charge in [-0.15, -0.1) is 11.3 Å². The van der Waals surface area contributed by atoms with Gasteiger partial charge in [-0.25, -0.2) is 9.59 Å². The summed E-state index contributed by atoms with van der Waals surface area (Å²) in [6.07, 6.45) is -4.46.